The summed E-state index contributed by atoms with van der Waals surface area (Å²) in [6.07, 6.45) is 1.30. The molecule has 3 rings (SSSR count). The Kier molecular flexibility index (Phi) is 8.38. The summed E-state index contributed by atoms with van der Waals surface area (Å²) in [5, 5.41) is 3.28. The van der Waals surface area contributed by atoms with Crippen molar-refractivity contribution in [2.45, 2.75) is 30.4 Å². The molecular weight excluding hydrogens is 459 g/mol. The minimum atomic E-state index is -3.61. The van der Waals surface area contributed by atoms with Gasteiger partial charge in [0.05, 0.1) is 10.8 Å². The molecule has 0 saturated carbocycles. The van der Waals surface area contributed by atoms with E-state index in [0.717, 1.165) is 5.56 Å². The Morgan fingerprint density at radius 2 is 2.00 bits per heavy atom. The molecule has 1 heterocycles. The number of piperidine rings is 1. The zero-order valence-electron chi connectivity index (χ0n) is 17.3. The average molecular weight is 485 g/mol. The van der Waals surface area contributed by atoms with Gasteiger partial charge in [0.25, 0.3) is 0 Å². The van der Waals surface area contributed by atoms with Crippen LogP contribution in [0.5, 0.6) is 0 Å². The smallest absolute Gasteiger partial charge is 0.243 e. The predicted molar refractivity (Wildman–Crippen MR) is 123 cm³/mol. The summed E-state index contributed by atoms with van der Waals surface area (Å²) in [7, 11) is -3.61. The third-order valence-electron chi connectivity index (χ3n) is 5.27. The Hall–Kier alpha value is -1.61. The van der Waals surface area contributed by atoms with Crippen LogP contribution in [0.4, 0.5) is 4.39 Å². The van der Waals surface area contributed by atoms with Crippen molar-refractivity contribution in [3.63, 3.8) is 0 Å². The zero-order valence-corrected chi connectivity index (χ0v) is 19.7. The second-order valence-corrected chi connectivity index (χ2v) is 11.0. The first kappa shape index (κ1) is 24.0. The van der Waals surface area contributed by atoms with E-state index in [-0.39, 0.29) is 29.1 Å². The maximum absolute atomic E-state index is 13.8. The van der Waals surface area contributed by atoms with Crippen molar-refractivity contribution in [2.75, 3.05) is 25.4 Å². The number of carbonyl (C=O) groups excluding carboxylic acids is 1. The number of nitrogens with zero attached hydrogens (tertiary/aromatic N) is 1. The average Bonchev–Trinajstić information content (AvgIpc) is 2.75. The SMILES string of the molecule is Cc1ccc(S(=O)(=O)N2CCC[C@@H](C(=O)NCCSCc3c(F)cccc3Cl)C2)cc1. The highest BCUT2D eigenvalue weighted by Crippen LogP contribution is 2.25. The summed E-state index contributed by atoms with van der Waals surface area (Å²) < 4.78 is 41.0. The molecule has 1 atom stereocenters. The van der Waals surface area contributed by atoms with E-state index in [4.69, 9.17) is 11.6 Å². The lowest BCUT2D eigenvalue weighted by molar-refractivity contribution is -0.125. The van der Waals surface area contributed by atoms with Crippen LogP contribution in [0.25, 0.3) is 0 Å². The van der Waals surface area contributed by atoms with E-state index >= 15 is 0 Å². The van der Waals surface area contributed by atoms with E-state index in [2.05, 4.69) is 5.32 Å². The number of thioether (sulfide) groups is 1. The summed E-state index contributed by atoms with van der Waals surface area (Å²) in [6, 6.07) is 11.4. The van der Waals surface area contributed by atoms with Crippen LogP contribution in [-0.4, -0.2) is 44.0 Å². The molecular formula is C22H26ClFN2O3S2. The highest BCUT2D eigenvalue weighted by Gasteiger charge is 2.33. The number of benzene rings is 2. The highest BCUT2D eigenvalue weighted by atomic mass is 35.5. The molecule has 5 nitrogen and oxygen atoms in total. The largest absolute Gasteiger partial charge is 0.355 e. The maximum Gasteiger partial charge on any atom is 0.243 e. The van der Waals surface area contributed by atoms with Crippen LogP contribution in [0, 0.1) is 18.7 Å². The monoisotopic (exact) mass is 484 g/mol. The van der Waals surface area contributed by atoms with E-state index in [9.17, 15) is 17.6 Å². The number of aryl methyl sites for hydroxylation is 1. The molecule has 9 heteroatoms. The third kappa shape index (κ3) is 6.22. The number of hydrogen-bond acceptors (Lipinski definition) is 4. The van der Waals surface area contributed by atoms with Gasteiger partial charge in [-0.15, -0.1) is 0 Å². The van der Waals surface area contributed by atoms with Crippen LogP contribution >= 0.6 is 23.4 Å². The lowest BCUT2D eigenvalue weighted by Gasteiger charge is -2.31. The second kappa shape index (κ2) is 10.8. The van der Waals surface area contributed by atoms with Crippen molar-refractivity contribution < 1.29 is 17.6 Å². The van der Waals surface area contributed by atoms with Crippen LogP contribution in [0.1, 0.15) is 24.0 Å². The molecule has 1 fully saturated rings. The fourth-order valence-corrected chi connectivity index (χ4v) is 6.19. The van der Waals surface area contributed by atoms with Crippen LogP contribution in [0.15, 0.2) is 47.4 Å². The summed E-state index contributed by atoms with van der Waals surface area (Å²) in [6.45, 7) is 2.93. The molecule has 2 aromatic rings. The van der Waals surface area contributed by atoms with E-state index in [0.29, 0.717) is 48.0 Å². The van der Waals surface area contributed by atoms with Crippen molar-refractivity contribution in [3.05, 3.63) is 64.4 Å². The number of halogens is 2. The Morgan fingerprint density at radius 3 is 2.71 bits per heavy atom. The number of hydrogen-bond donors (Lipinski definition) is 1. The summed E-state index contributed by atoms with van der Waals surface area (Å²) in [4.78, 5) is 12.8. The number of carbonyl (C=O) groups is 1. The molecule has 0 bridgehead atoms. The van der Waals surface area contributed by atoms with E-state index in [1.54, 1.807) is 36.4 Å². The van der Waals surface area contributed by atoms with Gasteiger partial charge in [-0.05, 0) is 44.0 Å². The molecule has 1 saturated heterocycles. The van der Waals surface area contributed by atoms with Gasteiger partial charge < -0.3 is 5.32 Å². The van der Waals surface area contributed by atoms with Crippen LogP contribution in [0.2, 0.25) is 5.02 Å². The molecule has 31 heavy (non-hydrogen) atoms. The molecule has 0 radical (unpaired) electrons. The van der Waals surface area contributed by atoms with E-state index < -0.39 is 10.0 Å². The van der Waals surface area contributed by atoms with Gasteiger partial charge in [0, 0.05) is 41.7 Å². The van der Waals surface area contributed by atoms with Gasteiger partial charge in [-0.2, -0.15) is 16.1 Å². The first-order valence-corrected chi connectivity index (χ1v) is 13.1. The molecule has 1 aliphatic heterocycles. The summed E-state index contributed by atoms with van der Waals surface area (Å²) in [5.74, 6) is 0.177. The zero-order chi connectivity index (χ0) is 22.4. The molecule has 168 valence electrons. The minimum Gasteiger partial charge on any atom is -0.355 e. The topological polar surface area (TPSA) is 66.5 Å². The number of sulfonamides is 1. The van der Waals surface area contributed by atoms with Gasteiger partial charge in [0.15, 0.2) is 0 Å². The quantitative estimate of drug-likeness (QED) is 0.569. The first-order valence-electron chi connectivity index (χ1n) is 10.1. The summed E-state index contributed by atoms with van der Waals surface area (Å²) >= 11 is 7.50. The Labute approximate surface area is 192 Å². The maximum atomic E-state index is 13.8. The van der Waals surface area contributed by atoms with Crippen LogP contribution in [-0.2, 0) is 20.6 Å². The third-order valence-corrected chi connectivity index (χ3v) is 8.49. The van der Waals surface area contributed by atoms with Crippen molar-refractivity contribution in [3.8, 4) is 0 Å². The van der Waals surface area contributed by atoms with Gasteiger partial charge in [-0.1, -0.05) is 35.4 Å². The molecule has 0 spiro atoms. The second-order valence-electron chi connectivity index (χ2n) is 7.56. The number of amides is 1. The number of nitrogens with one attached hydrogen (secondary N) is 1. The lowest BCUT2D eigenvalue weighted by Crippen LogP contribution is -2.45. The standard InChI is InChI=1S/C22H26ClFN2O3S2/c1-16-7-9-18(10-8-16)31(28,29)26-12-3-4-17(14-26)22(27)25-11-13-30-15-19-20(23)5-2-6-21(19)24/h2,5-10,17H,3-4,11-15H2,1H3,(H,25,27)/t17-/m1/s1. The Balaban J connectivity index is 1.48. The van der Waals surface area contributed by atoms with Crippen molar-refractivity contribution in [2.24, 2.45) is 5.92 Å². The van der Waals surface area contributed by atoms with E-state index in [1.165, 1.54) is 22.1 Å². The first-order chi connectivity index (χ1) is 14.8. The lowest BCUT2D eigenvalue weighted by atomic mass is 9.99. The normalized spacial score (nSPS) is 17.5. The van der Waals surface area contributed by atoms with Crippen LogP contribution in [0.3, 0.4) is 0 Å². The summed E-state index contributed by atoms with van der Waals surface area (Å²) in [5.41, 5.74) is 1.45. The number of rotatable bonds is 8. The van der Waals surface area contributed by atoms with E-state index in [1.807, 2.05) is 6.92 Å². The van der Waals surface area contributed by atoms with Crippen LogP contribution < -0.4 is 5.32 Å². The van der Waals surface area contributed by atoms with Gasteiger partial charge in [0.2, 0.25) is 15.9 Å². The Bertz CT molecular complexity index is 996. The van der Waals surface area contributed by atoms with Crippen molar-refractivity contribution >= 4 is 39.3 Å². The molecule has 0 unspecified atom stereocenters. The van der Waals surface area contributed by atoms with Gasteiger partial charge >= 0.3 is 0 Å². The highest BCUT2D eigenvalue weighted by molar-refractivity contribution is 7.98. The van der Waals surface area contributed by atoms with Crippen molar-refractivity contribution in [1.82, 2.24) is 9.62 Å². The van der Waals surface area contributed by atoms with Crippen molar-refractivity contribution in [1.29, 1.82) is 0 Å². The fraction of sp³-hybridized carbons (Fsp3) is 0.409. The Morgan fingerprint density at radius 1 is 1.26 bits per heavy atom. The molecule has 1 amide bonds. The van der Waals surface area contributed by atoms with Gasteiger partial charge in [0.1, 0.15) is 5.82 Å². The molecule has 1 aliphatic rings. The molecule has 0 aromatic heterocycles. The van der Waals surface area contributed by atoms with Gasteiger partial charge in [-0.3, -0.25) is 4.79 Å². The molecule has 2 aromatic carbocycles. The molecule has 1 N–H and O–H groups in total. The predicted octanol–water partition coefficient (Wildman–Crippen LogP) is 4.24. The fourth-order valence-electron chi connectivity index (χ4n) is 3.47. The molecule has 0 aliphatic carbocycles. The van der Waals surface area contributed by atoms with Gasteiger partial charge in [-0.25, -0.2) is 12.8 Å². The minimum absolute atomic E-state index is 0.145.